The summed E-state index contributed by atoms with van der Waals surface area (Å²) in [5, 5.41) is 15.5. The summed E-state index contributed by atoms with van der Waals surface area (Å²) in [4.78, 5) is 45.9. The van der Waals surface area contributed by atoms with Crippen molar-refractivity contribution < 1.29 is 19.3 Å². The van der Waals surface area contributed by atoms with Gasteiger partial charge in [0.25, 0.3) is 11.6 Å². The van der Waals surface area contributed by atoms with Crippen LogP contribution in [0.5, 0.6) is 0 Å². The summed E-state index contributed by atoms with van der Waals surface area (Å²) in [6.07, 6.45) is -0.137. The van der Waals surface area contributed by atoms with Gasteiger partial charge in [0, 0.05) is 31.0 Å². The molecule has 0 bridgehead atoms. The maximum Gasteiger partial charge on any atom is 0.288 e. The minimum Gasteiger partial charge on any atom is -0.352 e. The van der Waals surface area contributed by atoms with Gasteiger partial charge in [-0.25, -0.2) is 0 Å². The molecule has 0 unspecified atom stereocenters. The lowest BCUT2D eigenvalue weighted by Gasteiger charge is -2.11. The Bertz CT molecular complexity index is 1000. The Morgan fingerprint density at radius 1 is 1.00 bits per heavy atom. The topological polar surface area (TPSA) is 142 Å². The van der Waals surface area contributed by atoms with Gasteiger partial charge < -0.3 is 5.32 Å². The number of nitro groups is 1. The Morgan fingerprint density at radius 2 is 1.68 bits per heavy atom. The average molecular weight is 464 g/mol. The minimum atomic E-state index is -0.730. The van der Waals surface area contributed by atoms with Crippen LogP contribution in [0.2, 0.25) is 5.02 Å². The molecular formula is C19H18ClN5O5S. The second-order valence-electron chi connectivity index (χ2n) is 6.14. The van der Waals surface area contributed by atoms with Gasteiger partial charge in [-0.05, 0) is 29.9 Å². The van der Waals surface area contributed by atoms with Crippen molar-refractivity contribution >= 4 is 52.3 Å². The van der Waals surface area contributed by atoms with Crippen LogP contribution in [0.3, 0.4) is 0 Å². The van der Waals surface area contributed by atoms with Crippen LogP contribution in [-0.2, 0) is 16.1 Å². The summed E-state index contributed by atoms with van der Waals surface area (Å²) >= 11 is 10.6. The van der Waals surface area contributed by atoms with Crippen molar-refractivity contribution in [1.82, 2.24) is 21.5 Å². The predicted octanol–water partition coefficient (Wildman–Crippen LogP) is 1.98. The highest BCUT2D eigenvalue weighted by Gasteiger charge is 2.17. The lowest BCUT2D eigenvalue weighted by atomic mass is 10.2. The molecule has 2 aromatic rings. The van der Waals surface area contributed by atoms with Gasteiger partial charge in [0.1, 0.15) is 5.02 Å². The Morgan fingerprint density at radius 3 is 2.35 bits per heavy atom. The SMILES string of the molecule is O=C(CCC(=O)NNC(=S)NC(=O)c1ccc(Cl)c([N+](=O)[O-])c1)NCc1ccccc1. The van der Waals surface area contributed by atoms with E-state index in [1.165, 1.54) is 12.1 Å². The first-order valence-electron chi connectivity index (χ1n) is 8.91. The lowest BCUT2D eigenvalue weighted by Crippen LogP contribution is -2.48. The zero-order valence-corrected chi connectivity index (χ0v) is 17.6. The van der Waals surface area contributed by atoms with Crippen LogP contribution in [0.1, 0.15) is 28.8 Å². The molecule has 0 aliphatic heterocycles. The largest absolute Gasteiger partial charge is 0.352 e. The number of benzene rings is 2. The summed E-state index contributed by atoms with van der Waals surface area (Å²) < 4.78 is 0. The molecule has 0 saturated carbocycles. The molecule has 0 radical (unpaired) electrons. The molecule has 0 fully saturated rings. The summed E-state index contributed by atoms with van der Waals surface area (Å²) in [6.45, 7) is 0.360. The highest BCUT2D eigenvalue weighted by molar-refractivity contribution is 7.80. The zero-order valence-electron chi connectivity index (χ0n) is 16.0. The molecule has 0 aliphatic carbocycles. The zero-order chi connectivity index (χ0) is 22.8. The van der Waals surface area contributed by atoms with Crippen LogP contribution < -0.4 is 21.5 Å². The van der Waals surface area contributed by atoms with Crippen molar-refractivity contribution in [3.05, 3.63) is 74.8 Å². The smallest absolute Gasteiger partial charge is 0.288 e. The molecule has 10 nitrogen and oxygen atoms in total. The van der Waals surface area contributed by atoms with E-state index in [1.54, 1.807) is 0 Å². The number of hydrogen-bond acceptors (Lipinski definition) is 6. The van der Waals surface area contributed by atoms with E-state index in [9.17, 15) is 24.5 Å². The van der Waals surface area contributed by atoms with Crippen LogP contribution >= 0.6 is 23.8 Å². The quantitative estimate of drug-likeness (QED) is 0.279. The van der Waals surface area contributed by atoms with Gasteiger partial charge in [-0.2, -0.15) is 0 Å². The van der Waals surface area contributed by atoms with E-state index < -0.39 is 22.4 Å². The van der Waals surface area contributed by atoms with Crippen LogP contribution in [-0.4, -0.2) is 27.8 Å². The number of carbonyl (C=O) groups excluding carboxylic acids is 3. The Labute approximate surface area is 187 Å². The van der Waals surface area contributed by atoms with E-state index in [2.05, 4.69) is 21.5 Å². The fraction of sp³-hybridized carbons (Fsp3) is 0.158. The molecule has 12 heteroatoms. The normalized spacial score (nSPS) is 9.97. The third-order valence-electron chi connectivity index (χ3n) is 3.86. The maximum atomic E-state index is 12.1. The van der Waals surface area contributed by atoms with E-state index in [0.29, 0.717) is 6.54 Å². The molecule has 4 N–H and O–H groups in total. The van der Waals surface area contributed by atoms with Gasteiger partial charge in [-0.3, -0.25) is 40.7 Å². The Hall–Kier alpha value is -3.57. The lowest BCUT2D eigenvalue weighted by molar-refractivity contribution is -0.384. The van der Waals surface area contributed by atoms with Crippen LogP contribution in [0.4, 0.5) is 5.69 Å². The van der Waals surface area contributed by atoms with E-state index in [-0.39, 0.29) is 34.4 Å². The summed E-state index contributed by atoms with van der Waals surface area (Å²) in [5.41, 5.74) is 5.05. The first kappa shape index (κ1) is 23.7. The third-order valence-corrected chi connectivity index (χ3v) is 4.38. The van der Waals surface area contributed by atoms with Gasteiger partial charge >= 0.3 is 0 Å². The molecule has 0 heterocycles. The molecule has 162 valence electrons. The number of thiocarbonyl (C=S) groups is 1. The molecule has 3 amide bonds. The van der Waals surface area contributed by atoms with E-state index in [4.69, 9.17) is 23.8 Å². The van der Waals surface area contributed by atoms with Gasteiger partial charge in [-0.15, -0.1) is 0 Å². The van der Waals surface area contributed by atoms with Gasteiger partial charge in [0.05, 0.1) is 4.92 Å². The fourth-order valence-corrected chi connectivity index (χ4v) is 2.63. The molecule has 2 aromatic carbocycles. The Kier molecular flexibility index (Phi) is 8.85. The van der Waals surface area contributed by atoms with Crippen LogP contribution in [0.15, 0.2) is 48.5 Å². The maximum absolute atomic E-state index is 12.1. The average Bonchev–Trinajstić information content (AvgIpc) is 2.75. The predicted molar refractivity (Wildman–Crippen MR) is 117 cm³/mol. The number of hydrazine groups is 1. The van der Waals surface area contributed by atoms with Crippen molar-refractivity contribution in [3.8, 4) is 0 Å². The van der Waals surface area contributed by atoms with Crippen molar-refractivity contribution in [1.29, 1.82) is 0 Å². The molecule has 31 heavy (non-hydrogen) atoms. The summed E-state index contributed by atoms with van der Waals surface area (Å²) in [7, 11) is 0. The number of nitrogens with one attached hydrogen (secondary N) is 4. The first-order chi connectivity index (χ1) is 14.8. The second kappa shape index (κ2) is 11.6. The van der Waals surface area contributed by atoms with Crippen molar-refractivity contribution in [3.63, 3.8) is 0 Å². The second-order valence-corrected chi connectivity index (χ2v) is 6.96. The third kappa shape index (κ3) is 7.99. The Balaban J connectivity index is 1.71. The van der Waals surface area contributed by atoms with Crippen LogP contribution in [0, 0.1) is 10.1 Å². The highest BCUT2D eigenvalue weighted by Crippen LogP contribution is 2.24. The number of nitro benzene ring substituents is 1. The van der Waals surface area contributed by atoms with Gasteiger partial charge in [0.2, 0.25) is 11.8 Å². The number of halogens is 1. The molecule has 2 rings (SSSR count). The number of nitrogens with zero attached hydrogens (tertiary/aromatic N) is 1. The molecular weight excluding hydrogens is 446 g/mol. The highest BCUT2D eigenvalue weighted by atomic mass is 35.5. The number of carbonyl (C=O) groups is 3. The first-order valence-corrected chi connectivity index (χ1v) is 9.69. The monoisotopic (exact) mass is 463 g/mol. The van der Waals surface area contributed by atoms with E-state index in [1.807, 2.05) is 30.3 Å². The number of hydrogen-bond donors (Lipinski definition) is 4. The standard InChI is InChI=1S/C19H18ClN5O5S/c20-14-7-6-13(10-15(14)25(29)30)18(28)22-19(31)24-23-17(27)9-8-16(26)21-11-12-4-2-1-3-5-12/h1-7,10H,8-9,11H2,(H,21,26)(H,23,27)(H2,22,24,28,31). The molecule has 0 spiro atoms. The molecule has 0 saturated heterocycles. The number of rotatable bonds is 7. The summed E-state index contributed by atoms with van der Waals surface area (Å²) in [6, 6.07) is 12.8. The van der Waals surface area contributed by atoms with Gasteiger partial charge in [-0.1, -0.05) is 41.9 Å². The van der Waals surface area contributed by atoms with Crippen molar-refractivity contribution in [2.45, 2.75) is 19.4 Å². The van der Waals surface area contributed by atoms with Crippen molar-refractivity contribution in [2.75, 3.05) is 0 Å². The summed E-state index contributed by atoms with van der Waals surface area (Å²) in [5.74, 6) is -1.54. The van der Waals surface area contributed by atoms with Crippen molar-refractivity contribution in [2.24, 2.45) is 0 Å². The van der Waals surface area contributed by atoms with Gasteiger partial charge in [0.15, 0.2) is 5.11 Å². The minimum absolute atomic E-state index is 0.0338. The van der Waals surface area contributed by atoms with Crippen LogP contribution in [0.25, 0.3) is 0 Å². The van der Waals surface area contributed by atoms with E-state index >= 15 is 0 Å². The number of amides is 3. The van der Waals surface area contributed by atoms with E-state index in [0.717, 1.165) is 11.6 Å². The molecule has 0 aliphatic rings. The molecule has 0 atom stereocenters. The fourth-order valence-electron chi connectivity index (χ4n) is 2.30. The molecule has 0 aromatic heterocycles.